The molecule has 2 nitrogen and oxygen atoms in total. The second kappa shape index (κ2) is 8.08. The fourth-order valence-electron chi connectivity index (χ4n) is 3.01. The molecule has 1 aromatic carbocycles. The predicted molar refractivity (Wildman–Crippen MR) is 80.5 cm³/mol. The fourth-order valence-corrected chi connectivity index (χ4v) is 3.01. The maximum atomic E-state index is 12.1. The average molecular weight is 273 g/mol. The molecule has 1 radical (unpaired) electrons. The third kappa shape index (κ3) is 4.66. The number of hydrogen-bond donors (Lipinski definition) is 0. The molecule has 0 amide bonds. The Morgan fingerprint density at radius 1 is 1.20 bits per heavy atom. The number of hydrogen-bond acceptors (Lipinski definition) is 2. The van der Waals surface area contributed by atoms with Crippen molar-refractivity contribution in [3.8, 4) is 5.75 Å². The van der Waals surface area contributed by atoms with Gasteiger partial charge in [0.2, 0.25) is 0 Å². The van der Waals surface area contributed by atoms with Gasteiger partial charge in [0.15, 0.2) is 0 Å². The van der Waals surface area contributed by atoms with E-state index in [1.54, 1.807) is 24.3 Å². The molecule has 1 saturated carbocycles. The molecule has 109 valence electrons. The minimum absolute atomic E-state index is 0.0526. The van der Waals surface area contributed by atoms with E-state index in [0.29, 0.717) is 5.75 Å². The smallest absolute Gasteiger partial charge is 0.314 e. The number of rotatable bonds is 6. The van der Waals surface area contributed by atoms with Gasteiger partial charge >= 0.3 is 5.97 Å². The van der Waals surface area contributed by atoms with Crippen LogP contribution in [0.5, 0.6) is 5.75 Å². The fraction of sp³-hybridized carbons (Fsp3) is 0.611. The third-order valence-electron chi connectivity index (χ3n) is 4.30. The Morgan fingerprint density at radius 2 is 1.90 bits per heavy atom. The Bertz CT molecular complexity index is 391. The van der Waals surface area contributed by atoms with Crippen LogP contribution in [0.2, 0.25) is 0 Å². The third-order valence-corrected chi connectivity index (χ3v) is 4.30. The highest BCUT2D eigenvalue weighted by atomic mass is 16.5. The first-order chi connectivity index (χ1) is 9.79. The normalized spacial score (nSPS) is 22.4. The molecule has 1 aliphatic rings. The summed E-state index contributed by atoms with van der Waals surface area (Å²) in [5.74, 6) is 1.51. The molecule has 0 bridgehead atoms. The number of esters is 1. The van der Waals surface area contributed by atoms with E-state index in [2.05, 4.69) is 13.0 Å². The Hall–Kier alpha value is -1.31. The molecule has 0 N–H and O–H groups in total. The molecule has 1 aliphatic carbocycles. The lowest BCUT2D eigenvalue weighted by Gasteiger charge is -2.27. The van der Waals surface area contributed by atoms with E-state index >= 15 is 0 Å². The zero-order valence-electron chi connectivity index (χ0n) is 12.4. The Labute approximate surface area is 122 Å². The van der Waals surface area contributed by atoms with Gasteiger partial charge in [0.1, 0.15) is 5.75 Å². The summed E-state index contributed by atoms with van der Waals surface area (Å²) in [6.45, 7) is 2.24. The summed E-state index contributed by atoms with van der Waals surface area (Å²) in [6, 6.07) is 10.0. The first kappa shape index (κ1) is 15.1. The van der Waals surface area contributed by atoms with Crippen molar-refractivity contribution in [3.63, 3.8) is 0 Å². The molecule has 0 atom stereocenters. The second-order valence-electron chi connectivity index (χ2n) is 5.87. The monoisotopic (exact) mass is 273 g/mol. The molecule has 1 fully saturated rings. The van der Waals surface area contributed by atoms with Crippen LogP contribution in [-0.2, 0) is 4.79 Å². The van der Waals surface area contributed by atoms with E-state index in [1.807, 2.05) is 0 Å². The van der Waals surface area contributed by atoms with Crippen molar-refractivity contribution >= 4 is 5.97 Å². The molecule has 0 aromatic heterocycles. The summed E-state index contributed by atoms with van der Waals surface area (Å²) in [6.07, 6.45) is 9.67. The zero-order valence-corrected chi connectivity index (χ0v) is 12.4. The van der Waals surface area contributed by atoms with E-state index in [1.165, 1.54) is 38.5 Å². The topological polar surface area (TPSA) is 26.3 Å². The van der Waals surface area contributed by atoms with Gasteiger partial charge in [-0.25, -0.2) is 0 Å². The Balaban J connectivity index is 1.72. The van der Waals surface area contributed by atoms with E-state index in [9.17, 15) is 4.79 Å². The molecular formula is C18H25O2. The molecule has 0 heterocycles. The van der Waals surface area contributed by atoms with Gasteiger partial charge < -0.3 is 4.74 Å². The van der Waals surface area contributed by atoms with Gasteiger partial charge in [-0.1, -0.05) is 44.7 Å². The lowest BCUT2D eigenvalue weighted by atomic mass is 9.80. The molecule has 20 heavy (non-hydrogen) atoms. The van der Waals surface area contributed by atoms with Gasteiger partial charge in [0, 0.05) is 0 Å². The van der Waals surface area contributed by atoms with E-state index in [4.69, 9.17) is 4.74 Å². The summed E-state index contributed by atoms with van der Waals surface area (Å²) in [7, 11) is 0. The zero-order chi connectivity index (χ0) is 14.2. The Kier molecular flexibility index (Phi) is 6.10. The number of unbranched alkanes of at least 4 members (excludes halogenated alkanes) is 2. The predicted octanol–water partition coefficient (Wildman–Crippen LogP) is 4.78. The SMILES string of the molecule is CCCCC[C@H]1CC[C@H](C(=O)Oc2cc[c]cc2)CC1. The quantitative estimate of drug-likeness (QED) is 0.423. The molecule has 0 saturated heterocycles. The first-order valence-corrected chi connectivity index (χ1v) is 7.97. The van der Waals surface area contributed by atoms with Crippen LogP contribution in [0.25, 0.3) is 0 Å². The van der Waals surface area contributed by atoms with Gasteiger partial charge in [-0.05, 0) is 49.8 Å². The van der Waals surface area contributed by atoms with Crippen LogP contribution in [0.4, 0.5) is 0 Å². The highest BCUT2D eigenvalue weighted by molar-refractivity contribution is 5.75. The van der Waals surface area contributed by atoms with Crippen LogP contribution in [0.15, 0.2) is 24.3 Å². The van der Waals surface area contributed by atoms with Crippen LogP contribution in [0.1, 0.15) is 58.3 Å². The van der Waals surface area contributed by atoms with Crippen molar-refractivity contribution in [3.05, 3.63) is 30.3 Å². The van der Waals surface area contributed by atoms with Gasteiger partial charge in [-0.15, -0.1) is 0 Å². The molecular weight excluding hydrogens is 248 g/mol. The van der Waals surface area contributed by atoms with Gasteiger partial charge in [-0.2, -0.15) is 0 Å². The number of carbonyl (C=O) groups is 1. The van der Waals surface area contributed by atoms with E-state index in [0.717, 1.165) is 18.8 Å². The number of benzene rings is 1. The maximum Gasteiger partial charge on any atom is 0.314 e. The molecule has 2 heteroatoms. The minimum atomic E-state index is -0.0526. The molecule has 0 unspecified atom stereocenters. The van der Waals surface area contributed by atoms with Crippen LogP contribution >= 0.6 is 0 Å². The van der Waals surface area contributed by atoms with Crippen molar-refractivity contribution < 1.29 is 9.53 Å². The largest absolute Gasteiger partial charge is 0.426 e. The average Bonchev–Trinajstić information content (AvgIpc) is 2.49. The van der Waals surface area contributed by atoms with Crippen LogP contribution < -0.4 is 4.74 Å². The Morgan fingerprint density at radius 3 is 2.55 bits per heavy atom. The van der Waals surface area contributed by atoms with E-state index in [-0.39, 0.29) is 11.9 Å². The minimum Gasteiger partial charge on any atom is -0.426 e. The first-order valence-electron chi connectivity index (χ1n) is 7.97. The summed E-state index contributed by atoms with van der Waals surface area (Å²) in [5, 5.41) is 0. The van der Waals surface area contributed by atoms with Crippen LogP contribution in [0.3, 0.4) is 0 Å². The lowest BCUT2D eigenvalue weighted by molar-refractivity contribution is -0.140. The van der Waals surface area contributed by atoms with Crippen LogP contribution in [-0.4, -0.2) is 5.97 Å². The van der Waals surface area contributed by atoms with Crippen molar-refractivity contribution in [2.24, 2.45) is 11.8 Å². The number of carbonyl (C=O) groups excluding carboxylic acids is 1. The molecule has 1 aromatic rings. The maximum absolute atomic E-state index is 12.1. The molecule has 0 aliphatic heterocycles. The summed E-state index contributed by atoms with van der Waals surface area (Å²) in [5.41, 5.74) is 0. The summed E-state index contributed by atoms with van der Waals surface area (Å²) >= 11 is 0. The number of ether oxygens (including phenoxy) is 1. The van der Waals surface area contributed by atoms with Gasteiger partial charge in [0.05, 0.1) is 5.92 Å². The van der Waals surface area contributed by atoms with Crippen molar-refractivity contribution in [1.82, 2.24) is 0 Å². The van der Waals surface area contributed by atoms with E-state index < -0.39 is 0 Å². The highest BCUT2D eigenvalue weighted by Gasteiger charge is 2.27. The van der Waals surface area contributed by atoms with Gasteiger partial charge in [-0.3, -0.25) is 4.79 Å². The molecule has 0 spiro atoms. The summed E-state index contributed by atoms with van der Waals surface area (Å²) < 4.78 is 5.43. The summed E-state index contributed by atoms with van der Waals surface area (Å²) in [4.78, 5) is 12.1. The van der Waals surface area contributed by atoms with Crippen LogP contribution in [0, 0.1) is 17.9 Å². The van der Waals surface area contributed by atoms with Crippen molar-refractivity contribution in [2.45, 2.75) is 58.3 Å². The second-order valence-corrected chi connectivity index (χ2v) is 5.87. The lowest BCUT2D eigenvalue weighted by Crippen LogP contribution is -2.25. The molecule has 2 rings (SSSR count). The van der Waals surface area contributed by atoms with Gasteiger partial charge in [0.25, 0.3) is 0 Å². The standard InChI is InChI=1S/C18H25O2/c1-2-3-5-8-15-11-13-16(14-12-15)18(19)20-17-9-6-4-7-10-17/h6-7,9-10,15-16H,2-3,5,8,11-14H2,1H3/t15-,16-. The van der Waals surface area contributed by atoms with Crippen molar-refractivity contribution in [1.29, 1.82) is 0 Å². The highest BCUT2D eigenvalue weighted by Crippen LogP contribution is 2.32. The van der Waals surface area contributed by atoms with Crippen molar-refractivity contribution in [2.75, 3.05) is 0 Å².